The lowest BCUT2D eigenvalue weighted by Gasteiger charge is -2.29. The first-order valence-corrected chi connectivity index (χ1v) is 13.5. The van der Waals surface area contributed by atoms with Crippen molar-refractivity contribution < 1.29 is 19.4 Å². The van der Waals surface area contributed by atoms with Gasteiger partial charge in [-0.05, 0) is 75.3 Å². The SMILES string of the molecule is COC(=O)c1ccc2c(C(=Nc3ccc(N(C)C(=O)CC4CCN(C)CC4)cc3)c3ccccc3)c(O)[nH]c2c1. The third-order valence-corrected chi connectivity index (χ3v) is 7.64. The number of aliphatic imine (C=N–C) groups is 1. The van der Waals surface area contributed by atoms with E-state index in [1.807, 2.05) is 61.6 Å². The van der Waals surface area contributed by atoms with Crippen molar-refractivity contribution >= 4 is 39.9 Å². The number of H-pyrrole nitrogens is 1. The third-order valence-electron chi connectivity index (χ3n) is 7.64. The van der Waals surface area contributed by atoms with E-state index >= 15 is 0 Å². The zero-order chi connectivity index (χ0) is 28.2. The van der Waals surface area contributed by atoms with Gasteiger partial charge in [-0.15, -0.1) is 0 Å². The van der Waals surface area contributed by atoms with E-state index < -0.39 is 5.97 Å². The minimum absolute atomic E-state index is 0.0459. The summed E-state index contributed by atoms with van der Waals surface area (Å²) in [7, 11) is 5.27. The number of carbonyl (C=O) groups is 2. The van der Waals surface area contributed by atoms with E-state index in [0.717, 1.165) is 42.6 Å². The molecule has 1 aliphatic heterocycles. The Kier molecular flexibility index (Phi) is 7.98. The zero-order valence-electron chi connectivity index (χ0n) is 23.1. The maximum Gasteiger partial charge on any atom is 0.337 e. The van der Waals surface area contributed by atoms with Crippen LogP contribution in [-0.4, -0.2) is 66.9 Å². The summed E-state index contributed by atoms with van der Waals surface area (Å²) in [6, 6.07) is 22.3. The monoisotopic (exact) mass is 538 g/mol. The molecule has 2 heterocycles. The quantitative estimate of drug-likeness (QED) is 0.238. The Labute approximate surface area is 233 Å². The number of fused-ring (bicyclic) bond motifs is 1. The Bertz CT molecular complexity index is 1530. The van der Waals surface area contributed by atoms with Crippen molar-refractivity contribution in [2.24, 2.45) is 10.9 Å². The van der Waals surface area contributed by atoms with Gasteiger partial charge in [-0.2, -0.15) is 0 Å². The number of anilines is 1. The first-order chi connectivity index (χ1) is 19.3. The number of esters is 1. The Balaban J connectivity index is 1.44. The number of hydrogen-bond donors (Lipinski definition) is 2. The molecule has 1 saturated heterocycles. The molecule has 8 nitrogen and oxygen atoms in total. The van der Waals surface area contributed by atoms with Gasteiger partial charge in [-0.3, -0.25) is 4.79 Å². The van der Waals surface area contributed by atoms with Crippen LogP contribution in [0.25, 0.3) is 10.9 Å². The summed E-state index contributed by atoms with van der Waals surface area (Å²) in [5.74, 6) is 0.0432. The minimum atomic E-state index is -0.454. The van der Waals surface area contributed by atoms with Gasteiger partial charge in [-0.1, -0.05) is 36.4 Å². The smallest absolute Gasteiger partial charge is 0.337 e. The maximum absolute atomic E-state index is 13.0. The second-order valence-electron chi connectivity index (χ2n) is 10.3. The number of likely N-dealkylation sites (tertiary alicyclic amines) is 1. The van der Waals surface area contributed by atoms with Crippen molar-refractivity contribution in [2.75, 3.05) is 39.2 Å². The van der Waals surface area contributed by atoms with Crippen molar-refractivity contribution in [1.82, 2.24) is 9.88 Å². The van der Waals surface area contributed by atoms with Crippen LogP contribution >= 0.6 is 0 Å². The first kappa shape index (κ1) is 27.1. The first-order valence-electron chi connectivity index (χ1n) is 13.5. The summed E-state index contributed by atoms with van der Waals surface area (Å²) in [4.78, 5) is 36.9. The molecule has 40 heavy (non-hydrogen) atoms. The Morgan fingerprint density at radius 2 is 1.73 bits per heavy atom. The standard InChI is InChI=1S/C32H34N4O4/c1-35-17-15-21(16-18-35)19-28(37)36(2)25-12-10-24(11-13-25)33-30(22-7-5-4-6-8-22)29-26-14-9-23(32(39)40-3)20-27(26)34-31(29)38/h4-14,20-21,34,38H,15-19H2,1-3H3. The summed E-state index contributed by atoms with van der Waals surface area (Å²) < 4.78 is 4.84. The predicted molar refractivity (Wildman–Crippen MR) is 158 cm³/mol. The minimum Gasteiger partial charge on any atom is -0.494 e. The highest BCUT2D eigenvalue weighted by Gasteiger charge is 2.23. The number of rotatable bonds is 7. The van der Waals surface area contributed by atoms with Crippen LogP contribution in [0.2, 0.25) is 0 Å². The Morgan fingerprint density at radius 1 is 1.02 bits per heavy atom. The lowest BCUT2D eigenvalue weighted by Crippen LogP contribution is -2.34. The summed E-state index contributed by atoms with van der Waals surface area (Å²) >= 11 is 0. The molecule has 0 spiro atoms. The second kappa shape index (κ2) is 11.8. The van der Waals surface area contributed by atoms with E-state index in [-0.39, 0.29) is 11.8 Å². The largest absolute Gasteiger partial charge is 0.494 e. The summed E-state index contributed by atoms with van der Waals surface area (Å²) in [5.41, 5.74) is 4.40. The van der Waals surface area contributed by atoms with Gasteiger partial charge < -0.3 is 24.6 Å². The molecule has 0 radical (unpaired) electrons. The highest BCUT2D eigenvalue weighted by atomic mass is 16.5. The molecular formula is C32H34N4O4. The van der Waals surface area contributed by atoms with E-state index in [1.165, 1.54) is 7.11 Å². The van der Waals surface area contributed by atoms with Crippen molar-refractivity contribution in [1.29, 1.82) is 0 Å². The Morgan fingerprint density at radius 3 is 2.40 bits per heavy atom. The molecule has 1 aliphatic rings. The molecule has 2 N–H and O–H groups in total. The molecule has 1 fully saturated rings. The molecule has 4 aromatic rings. The van der Waals surface area contributed by atoms with Crippen LogP contribution in [0.15, 0.2) is 77.8 Å². The molecule has 0 saturated carbocycles. The summed E-state index contributed by atoms with van der Waals surface area (Å²) in [5, 5.41) is 11.7. The summed E-state index contributed by atoms with van der Waals surface area (Å²) in [6.07, 6.45) is 2.66. The van der Waals surface area contributed by atoms with Crippen LogP contribution in [0.5, 0.6) is 5.88 Å². The van der Waals surface area contributed by atoms with Crippen LogP contribution in [-0.2, 0) is 9.53 Å². The van der Waals surface area contributed by atoms with E-state index in [0.29, 0.717) is 40.4 Å². The van der Waals surface area contributed by atoms with Gasteiger partial charge in [0, 0.05) is 35.6 Å². The van der Waals surface area contributed by atoms with Crippen molar-refractivity contribution in [3.8, 4) is 5.88 Å². The van der Waals surface area contributed by atoms with E-state index in [9.17, 15) is 14.7 Å². The molecule has 3 aromatic carbocycles. The van der Waals surface area contributed by atoms with Gasteiger partial charge >= 0.3 is 5.97 Å². The highest BCUT2D eigenvalue weighted by molar-refractivity contribution is 6.22. The number of methoxy groups -OCH3 is 1. The van der Waals surface area contributed by atoms with Crippen molar-refractivity contribution in [3.63, 3.8) is 0 Å². The molecule has 0 bridgehead atoms. The lowest BCUT2D eigenvalue weighted by molar-refractivity contribution is -0.119. The molecule has 1 amide bonds. The third kappa shape index (κ3) is 5.77. The molecule has 0 aliphatic carbocycles. The number of nitrogens with one attached hydrogen (secondary N) is 1. The number of nitrogens with zero attached hydrogens (tertiary/aromatic N) is 3. The van der Waals surface area contributed by atoms with Crippen molar-refractivity contribution in [3.05, 3.63) is 89.5 Å². The zero-order valence-corrected chi connectivity index (χ0v) is 23.1. The normalized spacial score (nSPS) is 14.8. The topological polar surface area (TPSA) is 98.2 Å². The number of piperidine rings is 1. The molecule has 0 unspecified atom stereocenters. The predicted octanol–water partition coefficient (Wildman–Crippen LogP) is 5.52. The highest BCUT2D eigenvalue weighted by Crippen LogP contribution is 2.33. The van der Waals surface area contributed by atoms with E-state index in [4.69, 9.17) is 9.73 Å². The fraction of sp³-hybridized carbons (Fsp3) is 0.281. The van der Waals surface area contributed by atoms with Gasteiger partial charge in [0.05, 0.1) is 29.6 Å². The number of aromatic amines is 1. The van der Waals surface area contributed by atoms with E-state index in [2.05, 4.69) is 16.9 Å². The van der Waals surface area contributed by atoms with Gasteiger partial charge in [0.25, 0.3) is 0 Å². The molecule has 206 valence electrons. The van der Waals surface area contributed by atoms with Crippen LogP contribution in [0.3, 0.4) is 0 Å². The lowest BCUT2D eigenvalue weighted by atomic mass is 9.93. The maximum atomic E-state index is 13.0. The van der Waals surface area contributed by atoms with Crippen LogP contribution in [0.1, 0.15) is 40.7 Å². The fourth-order valence-corrected chi connectivity index (χ4v) is 5.20. The van der Waals surface area contributed by atoms with Crippen LogP contribution < -0.4 is 4.90 Å². The second-order valence-corrected chi connectivity index (χ2v) is 10.3. The average molecular weight is 539 g/mol. The van der Waals surface area contributed by atoms with Gasteiger partial charge in [0.15, 0.2) is 5.88 Å². The van der Waals surface area contributed by atoms with Crippen molar-refractivity contribution in [2.45, 2.75) is 19.3 Å². The molecule has 5 rings (SSSR count). The number of benzene rings is 3. The van der Waals surface area contributed by atoms with E-state index in [1.54, 1.807) is 23.1 Å². The average Bonchev–Trinajstić information content (AvgIpc) is 3.31. The number of hydrogen-bond acceptors (Lipinski definition) is 6. The van der Waals surface area contributed by atoms with Crippen LogP contribution in [0.4, 0.5) is 11.4 Å². The molecule has 0 atom stereocenters. The van der Waals surface area contributed by atoms with Gasteiger partial charge in [0.1, 0.15) is 0 Å². The molecule has 1 aromatic heterocycles. The Hall–Kier alpha value is -4.43. The van der Waals surface area contributed by atoms with Gasteiger partial charge in [-0.25, -0.2) is 9.79 Å². The van der Waals surface area contributed by atoms with Crippen LogP contribution in [0, 0.1) is 5.92 Å². The number of carbonyl (C=O) groups excluding carboxylic acids is 2. The fourth-order valence-electron chi connectivity index (χ4n) is 5.20. The number of amides is 1. The van der Waals surface area contributed by atoms with Gasteiger partial charge in [0.2, 0.25) is 5.91 Å². The molecule has 8 heteroatoms. The number of ether oxygens (including phenoxy) is 1. The number of aromatic hydroxyl groups is 1. The molecular weight excluding hydrogens is 504 g/mol. The number of aromatic nitrogens is 1. The summed E-state index contributed by atoms with van der Waals surface area (Å²) in [6.45, 7) is 2.08.